The molecule has 0 heterocycles. The van der Waals surface area contributed by atoms with Gasteiger partial charge in [0.25, 0.3) is 0 Å². The van der Waals surface area contributed by atoms with Crippen LogP contribution in [0.15, 0.2) is 23.3 Å². The molecule has 4 heteroatoms. The lowest BCUT2D eigenvalue weighted by Gasteiger charge is -2.08. The molecular weight excluding hydrogens is 252 g/mol. The minimum absolute atomic E-state index is 0.0563. The van der Waals surface area contributed by atoms with Crippen LogP contribution < -0.4 is 10.3 Å². The Bertz CT molecular complexity index is 444. The van der Waals surface area contributed by atoms with Crippen molar-refractivity contribution in [2.45, 2.75) is 52.4 Å². The minimum atomic E-state index is -0.0563. The summed E-state index contributed by atoms with van der Waals surface area (Å²) < 4.78 is 5.67. The van der Waals surface area contributed by atoms with Crippen LogP contribution in [-0.4, -0.2) is 12.4 Å². The Morgan fingerprint density at radius 3 is 2.55 bits per heavy atom. The lowest BCUT2D eigenvalue weighted by Crippen LogP contribution is -2.22. The van der Waals surface area contributed by atoms with Crippen LogP contribution in [0.2, 0.25) is 0 Å². The number of ketones is 1. The highest BCUT2D eigenvalue weighted by atomic mass is 16.5. The van der Waals surface area contributed by atoms with E-state index in [1.54, 1.807) is 18.2 Å². The molecule has 0 aliphatic carbocycles. The first-order valence-electron chi connectivity index (χ1n) is 7.37. The fourth-order valence-electron chi connectivity index (χ4n) is 2.07. The van der Waals surface area contributed by atoms with E-state index >= 15 is 0 Å². The Balaban J connectivity index is 2.39. The summed E-state index contributed by atoms with van der Waals surface area (Å²) in [6, 6.07) is 5.23. The second kappa shape index (κ2) is 9.23. The molecule has 0 aromatic heterocycles. The van der Waals surface area contributed by atoms with E-state index in [4.69, 9.17) is 10.3 Å². The van der Waals surface area contributed by atoms with Gasteiger partial charge in [0.2, 0.25) is 0 Å². The van der Waals surface area contributed by atoms with Gasteiger partial charge in [-0.3, -0.25) is 4.79 Å². The van der Waals surface area contributed by atoms with Gasteiger partial charge in [0.15, 0.2) is 5.78 Å². The van der Waals surface area contributed by atoms with Gasteiger partial charge in [-0.1, -0.05) is 39.0 Å². The van der Waals surface area contributed by atoms with Crippen molar-refractivity contribution in [2.24, 2.45) is 5.11 Å². The molecule has 20 heavy (non-hydrogen) atoms. The standard InChI is InChI=1S/C16H24N2O2/c1-3-4-5-6-7-8-11-20-14-9-10-16(18-17)15(12-14)13(2)19/h9-10,12,17H,3-8,11H2,1-2H3/p+1. The Hall–Kier alpha value is -1.71. The molecular formula is C16H25N2O2+. The normalized spacial score (nSPS) is 10.3. The number of benzene rings is 1. The Labute approximate surface area is 121 Å². The first kappa shape index (κ1) is 16.3. The average molecular weight is 277 g/mol. The van der Waals surface area contributed by atoms with Crippen LogP contribution >= 0.6 is 0 Å². The highest BCUT2D eigenvalue weighted by Crippen LogP contribution is 2.24. The summed E-state index contributed by atoms with van der Waals surface area (Å²) >= 11 is 0. The van der Waals surface area contributed by atoms with Crippen LogP contribution in [0.25, 0.3) is 0 Å². The van der Waals surface area contributed by atoms with Crippen LogP contribution in [0.3, 0.4) is 0 Å². The van der Waals surface area contributed by atoms with Gasteiger partial charge >= 0.3 is 0 Å². The summed E-state index contributed by atoms with van der Waals surface area (Å²) in [5.74, 6) is 0.648. The monoisotopic (exact) mass is 277 g/mol. The van der Waals surface area contributed by atoms with Gasteiger partial charge in [-0.05, 0) is 36.7 Å². The number of unbranched alkanes of at least 4 members (excludes halogenated alkanes) is 5. The van der Waals surface area contributed by atoms with Crippen molar-refractivity contribution >= 4 is 11.5 Å². The zero-order valence-electron chi connectivity index (χ0n) is 12.5. The largest absolute Gasteiger partial charge is 0.494 e. The van der Waals surface area contributed by atoms with Gasteiger partial charge in [0, 0.05) is 0 Å². The summed E-state index contributed by atoms with van der Waals surface area (Å²) in [7, 11) is 0. The Morgan fingerprint density at radius 2 is 1.90 bits per heavy atom. The van der Waals surface area contributed by atoms with Crippen molar-refractivity contribution in [1.29, 1.82) is 0 Å². The van der Waals surface area contributed by atoms with Crippen molar-refractivity contribution in [2.75, 3.05) is 6.61 Å². The molecule has 0 aliphatic rings. The summed E-state index contributed by atoms with van der Waals surface area (Å²) in [4.78, 5) is 11.5. The second-order valence-electron chi connectivity index (χ2n) is 4.98. The fraction of sp³-hybridized carbons (Fsp3) is 0.562. The number of hydrogen-bond acceptors (Lipinski definition) is 3. The molecule has 110 valence electrons. The molecule has 0 saturated heterocycles. The first-order chi connectivity index (χ1) is 9.69. The van der Waals surface area contributed by atoms with E-state index in [0.717, 1.165) is 6.42 Å². The van der Waals surface area contributed by atoms with Crippen LogP contribution in [-0.2, 0) is 0 Å². The van der Waals surface area contributed by atoms with Crippen molar-refractivity contribution in [3.63, 3.8) is 0 Å². The molecule has 0 radical (unpaired) electrons. The van der Waals surface area contributed by atoms with Crippen LogP contribution in [0.5, 0.6) is 5.75 Å². The van der Waals surface area contributed by atoms with E-state index in [9.17, 15) is 4.79 Å². The lowest BCUT2D eigenvalue weighted by atomic mass is 10.1. The van der Waals surface area contributed by atoms with Gasteiger partial charge in [-0.15, -0.1) is 0 Å². The van der Waals surface area contributed by atoms with Gasteiger partial charge in [0.05, 0.1) is 12.2 Å². The van der Waals surface area contributed by atoms with E-state index in [0.29, 0.717) is 23.6 Å². The highest BCUT2D eigenvalue weighted by Gasteiger charge is 2.10. The molecule has 0 unspecified atom stereocenters. The molecule has 0 spiro atoms. The van der Waals surface area contributed by atoms with Crippen molar-refractivity contribution in [3.8, 4) is 5.75 Å². The minimum Gasteiger partial charge on any atom is -0.494 e. The van der Waals surface area contributed by atoms with Crippen molar-refractivity contribution in [1.82, 2.24) is 0 Å². The zero-order valence-corrected chi connectivity index (χ0v) is 12.5. The number of hydrogen-bond donors (Lipinski definition) is 1. The van der Waals surface area contributed by atoms with E-state index in [2.05, 4.69) is 12.0 Å². The van der Waals surface area contributed by atoms with Crippen LogP contribution in [0, 0.1) is 0 Å². The Kier molecular flexibility index (Phi) is 7.55. The number of carbonyl (C=O) groups is 1. The molecule has 2 N–H and O–H groups in total. The third-order valence-corrected chi connectivity index (χ3v) is 3.25. The summed E-state index contributed by atoms with van der Waals surface area (Å²) in [5, 5.41) is 3.59. The van der Waals surface area contributed by atoms with Gasteiger partial charge in [0.1, 0.15) is 11.4 Å². The smallest absolute Gasteiger partial charge is 0.162 e. The number of nitrogens with two attached hydrogens (primary N) is 1. The van der Waals surface area contributed by atoms with Gasteiger partial charge in [-0.25, -0.2) is 0 Å². The lowest BCUT2D eigenvalue weighted by molar-refractivity contribution is -0.210. The zero-order chi connectivity index (χ0) is 14.8. The van der Waals surface area contributed by atoms with Gasteiger partial charge < -0.3 is 4.74 Å². The third kappa shape index (κ3) is 5.51. The number of ether oxygens (including phenoxy) is 1. The summed E-state index contributed by atoms with van der Waals surface area (Å²) in [6.45, 7) is 4.40. The molecule has 1 aromatic rings. The number of Topliss-reactive ketones (excluding diaryl/α,β-unsaturated/α-hetero) is 1. The van der Waals surface area contributed by atoms with Gasteiger partial charge in [-0.2, -0.15) is 5.53 Å². The van der Waals surface area contributed by atoms with Crippen LogP contribution in [0.1, 0.15) is 62.7 Å². The topological polar surface area (TPSA) is 64.2 Å². The van der Waals surface area contributed by atoms with E-state index in [1.807, 2.05) is 0 Å². The molecule has 1 aromatic carbocycles. The average Bonchev–Trinajstić information content (AvgIpc) is 2.46. The Morgan fingerprint density at radius 1 is 1.20 bits per heavy atom. The maximum absolute atomic E-state index is 11.5. The fourth-order valence-corrected chi connectivity index (χ4v) is 2.07. The molecule has 0 atom stereocenters. The maximum Gasteiger partial charge on any atom is 0.162 e. The summed E-state index contributed by atoms with van der Waals surface area (Å²) in [5.41, 5.74) is 6.26. The maximum atomic E-state index is 11.5. The number of nitrogens with zero attached hydrogens (tertiary/aromatic N) is 1. The molecule has 4 nitrogen and oxygen atoms in total. The molecule has 1 rings (SSSR count). The molecule has 0 bridgehead atoms. The predicted octanol–water partition coefficient (Wildman–Crippen LogP) is 3.47. The third-order valence-electron chi connectivity index (χ3n) is 3.25. The second-order valence-corrected chi connectivity index (χ2v) is 4.98. The number of carbonyl (C=O) groups excluding carboxylic acids is 1. The van der Waals surface area contributed by atoms with E-state index in [-0.39, 0.29) is 5.78 Å². The SMILES string of the molecule is CCCCCCCCOc1ccc(N=[NH2+])c(C(C)=O)c1. The van der Waals surface area contributed by atoms with Crippen molar-refractivity contribution < 1.29 is 15.1 Å². The molecule has 0 saturated carbocycles. The quantitative estimate of drug-likeness (QED) is 0.404. The first-order valence-corrected chi connectivity index (χ1v) is 7.37. The molecule has 0 fully saturated rings. The molecule has 0 aliphatic heterocycles. The number of rotatable bonds is 10. The van der Waals surface area contributed by atoms with Crippen LogP contribution in [0.4, 0.5) is 5.69 Å². The predicted molar refractivity (Wildman–Crippen MR) is 79.3 cm³/mol. The van der Waals surface area contributed by atoms with Crippen molar-refractivity contribution in [3.05, 3.63) is 23.8 Å². The molecule has 0 amide bonds. The highest BCUT2D eigenvalue weighted by molar-refractivity contribution is 5.99. The van der Waals surface area contributed by atoms with E-state index in [1.165, 1.54) is 39.0 Å². The summed E-state index contributed by atoms with van der Waals surface area (Å²) in [6.07, 6.45) is 7.38. The van der Waals surface area contributed by atoms with E-state index < -0.39 is 0 Å².